The number of carboxylic acids is 1. The largest absolute Gasteiger partial charge is 0.481 e. The summed E-state index contributed by atoms with van der Waals surface area (Å²) in [6.45, 7) is 7.52. The highest BCUT2D eigenvalue weighted by molar-refractivity contribution is 5.75. The van der Waals surface area contributed by atoms with Crippen LogP contribution in [0.3, 0.4) is 0 Å². The molecule has 0 aromatic carbocycles. The molecule has 1 saturated heterocycles. The Morgan fingerprint density at radius 2 is 1.90 bits per heavy atom. The second-order valence-corrected chi connectivity index (χ2v) is 7.63. The Hall–Kier alpha value is -0.570. The van der Waals surface area contributed by atoms with Crippen molar-refractivity contribution in [3.8, 4) is 0 Å². The highest BCUT2D eigenvalue weighted by Gasteiger charge is 2.42. The van der Waals surface area contributed by atoms with E-state index in [-0.39, 0.29) is 0 Å². The summed E-state index contributed by atoms with van der Waals surface area (Å²) in [5, 5.41) is 9.79. The van der Waals surface area contributed by atoms with Crippen LogP contribution in [0.4, 0.5) is 0 Å². The van der Waals surface area contributed by atoms with Crippen molar-refractivity contribution in [2.75, 3.05) is 19.6 Å². The molecular weight excluding hydrogens is 262 g/mol. The monoisotopic (exact) mass is 295 g/mol. The molecule has 1 heterocycles. The topological polar surface area (TPSA) is 40.5 Å². The molecule has 0 spiro atoms. The summed E-state index contributed by atoms with van der Waals surface area (Å²) in [5.74, 6) is 1.02. The summed E-state index contributed by atoms with van der Waals surface area (Å²) in [6, 6.07) is 0. The Labute approximate surface area is 130 Å². The van der Waals surface area contributed by atoms with Gasteiger partial charge in [-0.05, 0) is 69.9 Å². The predicted octanol–water partition coefficient (Wildman–Crippen LogP) is 4.17. The van der Waals surface area contributed by atoms with E-state index in [1.54, 1.807) is 0 Å². The van der Waals surface area contributed by atoms with Gasteiger partial charge in [-0.15, -0.1) is 0 Å². The lowest BCUT2D eigenvalue weighted by atomic mass is 9.70. The molecule has 1 saturated carbocycles. The summed E-state index contributed by atoms with van der Waals surface area (Å²) in [5.41, 5.74) is -0.461. The normalized spacial score (nSPS) is 35.3. The van der Waals surface area contributed by atoms with Crippen molar-refractivity contribution in [1.82, 2.24) is 4.90 Å². The van der Waals surface area contributed by atoms with Gasteiger partial charge in [0.15, 0.2) is 0 Å². The zero-order valence-electron chi connectivity index (χ0n) is 13.9. The first-order valence-electron chi connectivity index (χ1n) is 9.01. The number of rotatable bonds is 5. The third kappa shape index (κ3) is 4.45. The average Bonchev–Trinajstić information content (AvgIpc) is 2.67. The molecule has 2 rings (SSSR count). The van der Waals surface area contributed by atoms with Crippen LogP contribution in [0.25, 0.3) is 0 Å². The molecule has 0 bridgehead atoms. The molecule has 0 amide bonds. The molecule has 3 heteroatoms. The number of aliphatic carboxylic acids is 1. The van der Waals surface area contributed by atoms with Crippen LogP contribution in [-0.4, -0.2) is 35.6 Å². The molecule has 0 aromatic heterocycles. The second-order valence-electron chi connectivity index (χ2n) is 7.63. The molecule has 1 N–H and O–H groups in total. The lowest BCUT2D eigenvalue weighted by molar-refractivity contribution is -0.153. The van der Waals surface area contributed by atoms with Crippen molar-refractivity contribution >= 4 is 5.97 Å². The van der Waals surface area contributed by atoms with Crippen molar-refractivity contribution in [2.45, 2.75) is 71.6 Å². The minimum absolute atomic E-state index is 0.461. The zero-order chi connectivity index (χ0) is 15.3. The highest BCUT2D eigenvalue weighted by Crippen LogP contribution is 2.40. The van der Waals surface area contributed by atoms with Crippen molar-refractivity contribution in [1.29, 1.82) is 0 Å². The van der Waals surface area contributed by atoms with Crippen LogP contribution in [0, 0.1) is 17.3 Å². The molecule has 1 aliphatic heterocycles. The maximum absolute atomic E-state index is 11.9. The summed E-state index contributed by atoms with van der Waals surface area (Å²) < 4.78 is 0. The van der Waals surface area contributed by atoms with E-state index in [4.69, 9.17) is 0 Å². The molecule has 122 valence electrons. The fourth-order valence-corrected chi connectivity index (χ4v) is 4.26. The third-order valence-corrected chi connectivity index (χ3v) is 5.85. The van der Waals surface area contributed by atoms with Gasteiger partial charge < -0.3 is 10.0 Å². The lowest BCUT2D eigenvalue weighted by Gasteiger charge is -2.39. The molecular formula is C18H33NO2. The van der Waals surface area contributed by atoms with Gasteiger partial charge in [0.1, 0.15) is 0 Å². The van der Waals surface area contributed by atoms with Crippen molar-refractivity contribution in [3.63, 3.8) is 0 Å². The number of carbonyl (C=O) groups is 1. The van der Waals surface area contributed by atoms with E-state index >= 15 is 0 Å². The lowest BCUT2D eigenvalue weighted by Crippen LogP contribution is -2.45. The number of likely N-dealkylation sites (tertiary alicyclic amines) is 1. The van der Waals surface area contributed by atoms with E-state index < -0.39 is 11.4 Å². The Morgan fingerprint density at radius 1 is 1.19 bits per heavy atom. The Morgan fingerprint density at radius 3 is 2.52 bits per heavy atom. The molecule has 1 atom stereocenters. The number of hydrogen-bond acceptors (Lipinski definition) is 2. The van der Waals surface area contributed by atoms with E-state index in [2.05, 4.69) is 18.7 Å². The molecule has 2 aliphatic rings. The van der Waals surface area contributed by atoms with Crippen LogP contribution in [0.2, 0.25) is 0 Å². The highest BCUT2D eigenvalue weighted by atomic mass is 16.4. The van der Waals surface area contributed by atoms with Crippen LogP contribution >= 0.6 is 0 Å². The molecule has 1 unspecified atom stereocenters. The van der Waals surface area contributed by atoms with E-state index in [0.717, 1.165) is 51.2 Å². The smallest absolute Gasteiger partial charge is 0.310 e. The van der Waals surface area contributed by atoms with Crippen LogP contribution < -0.4 is 0 Å². The summed E-state index contributed by atoms with van der Waals surface area (Å²) in [4.78, 5) is 14.3. The van der Waals surface area contributed by atoms with Crippen LogP contribution in [-0.2, 0) is 4.79 Å². The first-order chi connectivity index (χ1) is 10.1. The van der Waals surface area contributed by atoms with Crippen LogP contribution in [0.15, 0.2) is 0 Å². The number of hydrogen-bond donors (Lipinski definition) is 1. The molecule has 3 nitrogen and oxygen atoms in total. The van der Waals surface area contributed by atoms with Gasteiger partial charge in [-0.25, -0.2) is 0 Å². The Kier molecular flexibility index (Phi) is 6.09. The number of carboxylic acid groups (broad SMARTS) is 1. The molecule has 21 heavy (non-hydrogen) atoms. The SMILES string of the molecule is CCCC1CCCN(CC2(C(=O)O)CCC(C)CC2)CC1. The molecule has 2 fully saturated rings. The van der Waals surface area contributed by atoms with Crippen LogP contribution in [0.5, 0.6) is 0 Å². The van der Waals surface area contributed by atoms with Crippen molar-refractivity contribution < 1.29 is 9.90 Å². The van der Waals surface area contributed by atoms with Gasteiger partial charge in [0.05, 0.1) is 5.41 Å². The van der Waals surface area contributed by atoms with Crippen molar-refractivity contribution in [2.24, 2.45) is 17.3 Å². The van der Waals surface area contributed by atoms with E-state index in [1.165, 1.54) is 32.1 Å². The van der Waals surface area contributed by atoms with Gasteiger partial charge >= 0.3 is 5.97 Å². The standard InChI is InChI=1S/C18H33NO2/c1-3-5-16-6-4-12-19(13-9-16)14-18(17(20)21)10-7-15(2)8-11-18/h15-16H,3-14H2,1-2H3,(H,20,21). The van der Waals surface area contributed by atoms with Gasteiger partial charge in [-0.1, -0.05) is 26.7 Å². The average molecular weight is 295 g/mol. The Bertz CT molecular complexity index is 334. The van der Waals surface area contributed by atoms with Crippen LogP contribution in [0.1, 0.15) is 71.6 Å². The van der Waals surface area contributed by atoms with Crippen molar-refractivity contribution in [3.05, 3.63) is 0 Å². The molecule has 0 aromatic rings. The summed E-state index contributed by atoms with van der Waals surface area (Å²) in [7, 11) is 0. The Balaban J connectivity index is 1.93. The van der Waals surface area contributed by atoms with Gasteiger partial charge in [-0.3, -0.25) is 4.79 Å². The summed E-state index contributed by atoms with van der Waals surface area (Å²) in [6.07, 6.45) is 10.4. The van der Waals surface area contributed by atoms with Gasteiger partial charge in [0.25, 0.3) is 0 Å². The minimum Gasteiger partial charge on any atom is -0.481 e. The molecule has 1 aliphatic carbocycles. The number of nitrogens with zero attached hydrogens (tertiary/aromatic N) is 1. The summed E-state index contributed by atoms with van der Waals surface area (Å²) >= 11 is 0. The third-order valence-electron chi connectivity index (χ3n) is 5.85. The van der Waals surface area contributed by atoms with Gasteiger partial charge in [0.2, 0.25) is 0 Å². The van der Waals surface area contributed by atoms with Gasteiger partial charge in [-0.2, -0.15) is 0 Å². The van der Waals surface area contributed by atoms with E-state index in [9.17, 15) is 9.90 Å². The second kappa shape index (κ2) is 7.62. The maximum Gasteiger partial charge on any atom is 0.310 e. The predicted molar refractivity (Wildman–Crippen MR) is 86.4 cm³/mol. The van der Waals surface area contributed by atoms with E-state index in [1.807, 2.05) is 0 Å². The minimum atomic E-state index is -0.552. The first-order valence-corrected chi connectivity index (χ1v) is 9.01. The van der Waals surface area contributed by atoms with Gasteiger partial charge in [0, 0.05) is 6.54 Å². The molecule has 0 radical (unpaired) electrons. The van der Waals surface area contributed by atoms with E-state index in [0.29, 0.717) is 5.92 Å². The maximum atomic E-state index is 11.9. The fraction of sp³-hybridized carbons (Fsp3) is 0.944. The zero-order valence-corrected chi connectivity index (χ0v) is 13.9. The fourth-order valence-electron chi connectivity index (χ4n) is 4.26. The quantitative estimate of drug-likeness (QED) is 0.827. The first kappa shape index (κ1) is 16.8.